The molecule has 0 heterocycles. The Balaban J connectivity index is 1.85. The van der Waals surface area contributed by atoms with E-state index >= 15 is 0 Å². The van der Waals surface area contributed by atoms with E-state index in [0.29, 0.717) is 31.1 Å². The van der Waals surface area contributed by atoms with Crippen LogP contribution in [-0.4, -0.2) is 45.4 Å². The van der Waals surface area contributed by atoms with Crippen LogP contribution in [0.25, 0.3) is 0 Å². The van der Waals surface area contributed by atoms with Gasteiger partial charge in [-0.2, -0.15) is 0 Å². The maximum absolute atomic E-state index is 12.3. The van der Waals surface area contributed by atoms with Gasteiger partial charge in [0.25, 0.3) is 5.91 Å². The van der Waals surface area contributed by atoms with Gasteiger partial charge in [-0.3, -0.25) is 4.79 Å². The molecule has 0 bridgehead atoms. The van der Waals surface area contributed by atoms with Crippen LogP contribution in [0.15, 0.2) is 42.5 Å². The first-order valence-electron chi connectivity index (χ1n) is 9.41. The third-order valence-corrected chi connectivity index (χ3v) is 4.22. The summed E-state index contributed by atoms with van der Waals surface area (Å²) in [5.74, 6) is 0.784. The van der Waals surface area contributed by atoms with Gasteiger partial charge in [0, 0.05) is 6.54 Å². The van der Waals surface area contributed by atoms with Crippen molar-refractivity contribution < 1.29 is 28.5 Å². The number of carbonyl (C=O) groups is 2. The van der Waals surface area contributed by atoms with Gasteiger partial charge in [0.2, 0.25) is 0 Å². The second-order valence-electron chi connectivity index (χ2n) is 6.24. The first-order valence-corrected chi connectivity index (χ1v) is 9.41. The zero-order chi connectivity index (χ0) is 21.2. The number of carbonyl (C=O) groups excluding carboxylic acids is 2. The molecule has 0 saturated carbocycles. The molecule has 1 atom stereocenters. The fourth-order valence-electron chi connectivity index (χ4n) is 2.62. The third kappa shape index (κ3) is 6.41. The molecule has 7 heteroatoms. The van der Waals surface area contributed by atoms with Crippen LogP contribution >= 0.6 is 0 Å². The quantitative estimate of drug-likeness (QED) is 0.616. The standard InChI is InChI=1S/C22H27NO6/c1-5-28-19-11-8-17(14-20(19)27-4)22(25)29-15(2)21(24)23-13-12-16-6-9-18(26-3)10-7-16/h6-11,14-15H,5,12-13H2,1-4H3,(H,23,24)/t15-/m0/s1. The third-order valence-electron chi connectivity index (χ3n) is 4.22. The molecule has 1 N–H and O–H groups in total. The molecule has 0 radical (unpaired) electrons. The Bertz CT molecular complexity index is 819. The summed E-state index contributed by atoms with van der Waals surface area (Å²) in [6.45, 7) is 4.31. The molecule has 0 aliphatic carbocycles. The van der Waals surface area contributed by atoms with Crippen LogP contribution in [0.1, 0.15) is 29.8 Å². The van der Waals surface area contributed by atoms with E-state index in [-0.39, 0.29) is 11.5 Å². The minimum Gasteiger partial charge on any atom is -0.497 e. The Hall–Kier alpha value is -3.22. The van der Waals surface area contributed by atoms with Gasteiger partial charge in [0.15, 0.2) is 17.6 Å². The number of rotatable bonds is 10. The van der Waals surface area contributed by atoms with E-state index in [9.17, 15) is 9.59 Å². The van der Waals surface area contributed by atoms with E-state index < -0.39 is 12.1 Å². The van der Waals surface area contributed by atoms with Gasteiger partial charge >= 0.3 is 5.97 Å². The summed E-state index contributed by atoms with van der Waals surface area (Å²) in [5, 5.41) is 2.77. The first-order chi connectivity index (χ1) is 14.0. The number of benzene rings is 2. The molecule has 0 spiro atoms. The zero-order valence-corrected chi connectivity index (χ0v) is 17.2. The highest BCUT2D eigenvalue weighted by atomic mass is 16.5. The summed E-state index contributed by atoms with van der Waals surface area (Å²) < 4.78 is 21.0. The van der Waals surface area contributed by atoms with Gasteiger partial charge in [0.05, 0.1) is 26.4 Å². The molecule has 0 unspecified atom stereocenters. The number of methoxy groups -OCH3 is 2. The lowest BCUT2D eigenvalue weighted by Crippen LogP contribution is -2.36. The van der Waals surface area contributed by atoms with Crippen LogP contribution in [0.3, 0.4) is 0 Å². The van der Waals surface area contributed by atoms with Gasteiger partial charge in [-0.05, 0) is 56.2 Å². The lowest BCUT2D eigenvalue weighted by atomic mass is 10.1. The smallest absolute Gasteiger partial charge is 0.339 e. The Morgan fingerprint density at radius 1 is 1.00 bits per heavy atom. The molecular weight excluding hydrogens is 374 g/mol. The van der Waals surface area contributed by atoms with E-state index in [4.69, 9.17) is 18.9 Å². The molecule has 0 aromatic heterocycles. The number of nitrogens with one attached hydrogen (secondary N) is 1. The Kier molecular flexibility index (Phi) is 8.33. The van der Waals surface area contributed by atoms with Crippen molar-refractivity contribution in [2.45, 2.75) is 26.4 Å². The Morgan fingerprint density at radius 3 is 2.34 bits per heavy atom. The van der Waals surface area contributed by atoms with E-state index in [1.54, 1.807) is 19.2 Å². The van der Waals surface area contributed by atoms with Gasteiger partial charge in [0.1, 0.15) is 5.75 Å². The summed E-state index contributed by atoms with van der Waals surface area (Å²) in [4.78, 5) is 24.6. The first kappa shape index (κ1) is 22.1. The maximum Gasteiger partial charge on any atom is 0.339 e. The van der Waals surface area contributed by atoms with Crippen molar-refractivity contribution in [1.82, 2.24) is 5.32 Å². The van der Waals surface area contributed by atoms with Crippen LogP contribution in [0.5, 0.6) is 17.2 Å². The lowest BCUT2D eigenvalue weighted by molar-refractivity contribution is -0.129. The molecule has 2 aromatic rings. The monoisotopic (exact) mass is 401 g/mol. The summed E-state index contributed by atoms with van der Waals surface area (Å²) in [6, 6.07) is 12.4. The van der Waals surface area contributed by atoms with Crippen LogP contribution < -0.4 is 19.5 Å². The van der Waals surface area contributed by atoms with Crippen molar-refractivity contribution in [2.75, 3.05) is 27.4 Å². The molecule has 29 heavy (non-hydrogen) atoms. The topological polar surface area (TPSA) is 83.1 Å². The second-order valence-corrected chi connectivity index (χ2v) is 6.24. The van der Waals surface area contributed by atoms with Crippen molar-refractivity contribution in [1.29, 1.82) is 0 Å². The number of amides is 1. The predicted molar refractivity (Wildman–Crippen MR) is 109 cm³/mol. The van der Waals surface area contributed by atoms with E-state index in [1.165, 1.54) is 20.1 Å². The van der Waals surface area contributed by atoms with E-state index in [0.717, 1.165) is 11.3 Å². The highest BCUT2D eigenvalue weighted by Gasteiger charge is 2.20. The van der Waals surface area contributed by atoms with Gasteiger partial charge in [-0.15, -0.1) is 0 Å². The molecule has 0 saturated heterocycles. The summed E-state index contributed by atoms with van der Waals surface area (Å²) in [7, 11) is 3.10. The molecule has 2 aromatic carbocycles. The average molecular weight is 401 g/mol. The van der Waals surface area contributed by atoms with Crippen LogP contribution in [-0.2, 0) is 16.0 Å². The fraction of sp³-hybridized carbons (Fsp3) is 0.364. The molecule has 156 valence electrons. The lowest BCUT2D eigenvalue weighted by Gasteiger charge is -2.15. The summed E-state index contributed by atoms with van der Waals surface area (Å²) in [6.07, 6.45) is -0.261. The number of hydrogen-bond acceptors (Lipinski definition) is 6. The van der Waals surface area contributed by atoms with Crippen molar-refractivity contribution >= 4 is 11.9 Å². The van der Waals surface area contributed by atoms with Gasteiger partial charge in [-0.25, -0.2) is 4.79 Å². The Labute approximate surface area is 170 Å². The van der Waals surface area contributed by atoms with Crippen LogP contribution in [0.2, 0.25) is 0 Å². The molecule has 7 nitrogen and oxygen atoms in total. The van der Waals surface area contributed by atoms with E-state index in [2.05, 4.69) is 5.32 Å². The molecule has 0 fully saturated rings. The molecule has 0 aliphatic heterocycles. The molecular formula is C22H27NO6. The van der Waals surface area contributed by atoms with Crippen molar-refractivity contribution in [2.24, 2.45) is 0 Å². The SMILES string of the molecule is CCOc1ccc(C(=O)O[C@@H](C)C(=O)NCCc2ccc(OC)cc2)cc1OC. The maximum atomic E-state index is 12.3. The Morgan fingerprint density at radius 2 is 1.72 bits per heavy atom. The summed E-state index contributed by atoms with van der Waals surface area (Å²) >= 11 is 0. The van der Waals surface area contributed by atoms with Crippen LogP contribution in [0.4, 0.5) is 0 Å². The predicted octanol–water partition coefficient (Wildman–Crippen LogP) is 3.01. The van der Waals surface area contributed by atoms with Crippen molar-refractivity contribution in [3.8, 4) is 17.2 Å². The minimum atomic E-state index is -0.920. The normalized spacial score (nSPS) is 11.3. The molecule has 2 rings (SSSR count). The molecule has 0 aliphatic rings. The van der Waals surface area contributed by atoms with Crippen molar-refractivity contribution in [3.63, 3.8) is 0 Å². The average Bonchev–Trinajstić information content (AvgIpc) is 2.74. The molecule has 1 amide bonds. The minimum absolute atomic E-state index is 0.281. The van der Waals surface area contributed by atoms with Crippen LogP contribution in [0, 0.1) is 0 Å². The van der Waals surface area contributed by atoms with E-state index in [1.807, 2.05) is 31.2 Å². The number of ether oxygens (including phenoxy) is 4. The highest BCUT2D eigenvalue weighted by Crippen LogP contribution is 2.28. The largest absolute Gasteiger partial charge is 0.497 e. The summed E-state index contributed by atoms with van der Waals surface area (Å²) in [5.41, 5.74) is 1.35. The van der Waals surface area contributed by atoms with Gasteiger partial charge in [-0.1, -0.05) is 12.1 Å². The highest BCUT2D eigenvalue weighted by molar-refractivity contribution is 5.92. The fourth-order valence-corrected chi connectivity index (χ4v) is 2.62. The van der Waals surface area contributed by atoms with Crippen molar-refractivity contribution in [3.05, 3.63) is 53.6 Å². The van der Waals surface area contributed by atoms with Gasteiger partial charge < -0.3 is 24.3 Å². The zero-order valence-electron chi connectivity index (χ0n) is 17.2. The number of hydrogen-bond donors (Lipinski definition) is 1. The second kappa shape index (κ2) is 10.9. The number of esters is 1.